The van der Waals surface area contributed by atoms with E-state index in [1.165, 1.54) is 5.01 Å². The zero-order chi connectivity index (χ0) is 32.6. The number of benzene rings is 2. The molecule has 4 N–H and O–H groups in total. The van der Waals surface area contributed by atoms with Gasteiger partial charge < -0.3 is 19.1 Å². The third kappa shape index (κ3) is 7.03. The van der Waals surface area contributed by atoms with Crippen LogP contribution in [0, 0.1) is 0 Å². The van der Waals surface area contributed by atoms with Gasteiger partial charge in [-0.2, -0.15) is 13.2 Å². The van der Waals surface area contributed by atoms with Crippen LogP contribution >= 0.6 is 0 Å². The van der Waals surface area contributed by atoms with Crippen molar-refractivity contribution in [2.75, 3.05) is 44.9 Å². The van der Waals surface area contributed by atoms with E-state index in [4.69, 9.17) is 24.8 Å². The van der Waals surface area contributed by atoms with E-state index in [0.29, 0.717) is 49.9 Å². The van der Waals surface area contributed by atoms with Gasteiger partial charge in [-0.25, -0.2) is 15.1 Å². The Morgan fingerprint density at radius 2 is 1.78 bits per heavy atom. The van der Waals surface area contributed by atoms with Crippen LogP contribution in [0.25, 0.3) is 0 Å². The molecule has 3 aliphatic rings. The number of para-hydroxylation sites is 1. The number of alkyl halides is 3. The Morgan fingerprint density at radius 3 is 2.40 bits per heavy atom. The number of morpholine rings is 1. The minimum Gasteiger partial charge on any atom is -0.494 e. The molecule has 0 spiro atoms. The summed E-state index contributed by atoms with van der Waals surface area (Å²) in [5, 5.41) is 1.43. The number of nitrogens with one attached hydrogen (secondary N) is 2. The molecule has 0 radical (unpaired) electrons. The van der Waals surface area contributed by atoms with E-state index >= 15 is 0 Å². The minimum atomic E-state index is -5.31. The molecule has 2 aromatic rings. The topological polar surface area (TPSA) is 128 Å². The van der Waals surface area contributed by atoms with Gasteiger partial charge in [0.25, 0.3) is 0 Å². The van der Waals surface area contributed by atoms with Crippen molar-refractivity contribution in [2.24, 2.45) is 5.73 Å². The highest BCUT2D eigenvalue weighted by Crippen LogP contribution is 2.41. The van der Waals surface area contributed by atoms with Crippen molar-refractivity contribution in [3.8, 4) is 11.5 Å². The van der Waals surface area contributed by atoms with Crippen molar-refractivity contribution in [1.29, 1.82) is 0 Å². The summed E-state index contributed by atoms with van der Waals surface area (Å²) in [7, 11) is 1.56. The van der Waals surface area contributed by atoms with Crippen molar-refractivity contribution in [3.05, 3.63) is 53.6 Å². The van der Waals surface area contributed by atoms with Crippen molar-refractivity contribution >= 4 is 17.4 Å². The van der Waals surface area contributed by atoms with E-state index in [1.54, 1.807) is 31.4 Å². The highest BCUT2D eigenvalue weighted by molar-refractivity contribution is 5.99. The number of ether oxygens (including phenoxy) is 3. The number of hydrogen-bond acceptors (Lipinski definition) is 11. The van der Waals surface area contributed by atoms with E-state index < -0.39 is 53.3 Å². The summed E-state index contributed by atoms with van der Waals surface area (Å²) in [6.45, 7) is 7.35. The number of nitrogens with zero attached hydrogens (tertiary/aromatic N) is 3. The van der Waals surface area contributed by atoms with E-state index in [1.807, 2.05) is 43.9 Å². The number of quaternary nitrogens is 1. The Morgan fingerprint density at radius 1 is 1.09 bits per heavy atom. The third-order valence-corrected chi connectivity index (χ3v) is 8.07. The number of hydrazine groups is 1. The number of ketones is 1. The lowest BCUT2D eigenvalue weighted by Gasteiger charge is -2.39. The van der Waals surface area contributed by atoms with Crippen LogP contribution in [0.5, 0.6) is 11.5 Å². The van der Waals surface area contributed by atoms with Gasteiger partial charge in [0.2, 0.25) is 18.5 Å². The molecule has 12 nitrogen and oxygen atoms in total. The molecule has 3 saturated heterocycles. The van der Waals surface area contributed by atoms with Gasteiger partial charge in [-0.3, -0.25) is 10.5 Å². The zero-order valence-electron chi connectivity index (χ0n) is 25.7. The molecule has 0 bridgehead atoms. The number of carbonyl (C=O) groups is 2. The minimum absolute atomic E-state index is 0.179. The van der Waals surface area contributed by atoms with Gasteiger partial charge in [0.05, 0.1) is 26.0 Å². The smallest absolute Gasteiger partial charge is 0.494 e. The lowest BCUT2D eigenvalue weighted by molar-refractivity contribution is -1.13. The molecule has 45 heavy (non-hydrogen) atoms. The lowest BCUT2D eigenvalue weighted by atomic mass is 9.84. The first kappa shape index (κ1) is 32.9. The van der Waals surface area contributed by atoms with Crippen LogP contribution in [-0.4, -0.2) is 86.3 Å². The number of Topliss-reactive ketones (excluding diaryl/α,β-unsaturated/α-hetero) is 1. The monoisotopic (exact) mass is 637 g/mol. The number of rotatable bonds is 8. The lowest BCUT2D eigenvalue weighted by Crippen LogP contribution is -2.66. The Hall–Kier alpha value is -3.47. The Balaban J connectivity index is 1.48. The van der Waals surface area contributed by atoms with Crippen molar-refractivity contribution in [3.63, 3.8) is 0 Å². The summed E-state index contributed by atoms with van der Waals surface area (Å²) in [6.07, 6.45) is -7.49. The molecular formula is C30H40F3N6O6+. The quantitative estimate of drug-likeness (QED) is 0.292. The number of nitrogens with two attached hydrogens (primary N) is 1. The van der Waals surface area contributed by atoms with E-state index in [2.05, 4.69) is 10.9 Å². The second-order valence-electron chi connectivity index (χ2n) is 12.3. The van der Waals surface area contributed by atoms with Crippen molar-refractivity contribution < 1.29 is 46.6 Å². The predicted octanol–water partition coefficient (Wildman–Crippen LogP) is 2.94. The molecule has 0 amide bonds. The number of anilines is 1. The van der Waals surface area contributed by atoms with Gasteiger partial charge in [-0.15, -0.1) is 5.01 Å². The summed E-state index contributed by atoms with van der Waals surface area (Å²) < 4.78 is 56.9. The van der Waals surface area contributed by atoms with Gasteiger partial charge >= 0.3 is 12.1 Å². The normalized spacial score (nSPS) is 25.9. The van der Waals surface area contributed by atoms with Crippen LogP contribution in [-0.2, 0) is 19.8 Å². The fraction of sp³-hybridized carbons (Fsp3) is 0.533. The maximum absolute atomic E-state index is 14.1. The fourth-order valence-corrected chi connectivity index (χ4v) is 5.91. The van der Waals surface area contributed by atoms with Crippen LogP contribution < -0.4 is 31.0 Å². The van der Waals surface area contributed by atoms with Crippen LogP contribution in [0.3, 0.4) is 0 Å². The molecule has 0 saturated carbocycles. The van der Waals surface area contributed by atoms with Crippen LogP contribution in [0.15, 0.2) is 42.5 Å². The highest BCUT2D eigenvalue weighted by atomic mass is 19.4. The van der Waals surface area contributed by atoms with E-state index in [0.717, 1.165) is 5.56 Å². The summed E-state index contributed by atoms with van der Waals surface area (Å²) in [6, 6.07) is 12.3. The van der Waals surface area contributed by atoms with Gasteiger partial charge in [0.1, 0.15) is 11.5 Å². The molecule has 3 fully saturated rings. The first-order valence-corrected chi connectivity index (χ1v) is 14.8. The van der Waals surface area contributed by atoms with Crippen LogP contribution in [0.2, 0.25) is 0 Å². The molecule has 5 rings (SSSR count). The predicted molar refractivity (Wildman–Crippen MR) is 156 cm³/mol. The second kappa shape index (κ2) is 12.7. The first-order chi connectivity index (χ1) is 21.2. The van der Waals surface area contributed by atoms with Crippen molar-refractivity contribution in [2.45, 2.75) is 63.9 Å². The maximum Gasteiger partial charge on any atom is 0.497 e. The number of halogens is 3. The highest BCUT2D eigenvalue weighted by Gasteiger charge is 2.61. The zero-order valence-corrected chi connectivity index (χ0v) is 25.7. The molecule has 3 heterocycles. The van der Waals surface area contributed by atoms with Gasteiger partial charge in [-0.1, -0.05) is 44.4 Å². The second-order valence-corrected chi connectivity index (χ2v) is 12.3. The molecule has 246 valence electrons. The number of hydrogen-bond donors (Lipinski definition) is 3. The Labute approximate surface area is 259 Å². The Bertz CT molecular complexity index is 1380. The Kier molecular flexibility index (Phi) is 9.31. The average Bonchev–Trinajstić information content (AvgIpc) is 3.26. The van der Waals surface area contributed by atoms with Crippen LogP contribution in [0.1, 0.15) is 49.5 Å². The number of carbonyl (C=O) groups excluding carboxylic acids is 2. The summed E-state index contributed by atoms with van der Waals surface area (Å²) >= 11 is 0. The summed E-state index contributed by atoms with van der Waals surface area (Å²) in [5.41, 5.74) is 13.3. The molecule has 0 aliphatic carbocycles. The van der Waals surface area contributed by atoms with E-state index in [9.17, 15) is 22.8 Å². The molecule has 4 unspecified atom stereocenters. The maximum atomic E-state index is 14.1. The third-order valence-electron chi connectivity index (χ3n) is 8.07. The number of methoxy groups -OCH3 is 1. The summed E-state index contributed by atoms with van der Waals surface area (Å²) in [4.78, 5) is 33.6. The SMILES string of the molecule is COc1c(N2CCOCC2)cc(C(=O)C[N+]2(OC(=O)C(F)(F)F)NC(N)N3NC(Oc4ccccc4)CCC32)cc1C(C)(C)C. The molecule has 3 aliphatic heterocycles. The number of fused-ring (bicyclic) bond motifs is 1. The largest absolute Gasteiger partial charge is 0.497 e. The number of hydroxylamine groups is 2. The molecule has 2 aromatic carbocycles. The standard InChI is InChI=1S/C30H40F3N6O6/c1-29(2,3)21-16-19(17-22(26(21)42-4)37-12-14-43-15-13-37)23(40)18-39(45-27(41)30(31,32)33)25-11-10-24(35-38(25)28(34)36-39)44-20-8-6-5-7-9-20/h5-9,16-17,24-25,28,35-36H,10-15,18,34H2,1-4H3/q+1. The van der Waals surface area contributed by atoms with E-state index in [-0.39, 0.29) is 12.0 Å². The van der Waals surface area contributed by atoms with Gasteiger partial charge in [-0.05, 0) is 34.4 Å². The van der Waals surface area contributed by atoms with Crippen LogP contribution in [0.4, 0.5) is 18.9 Å². The molecular weight excluding hydrogens is 597 g/mol. The van der Waals surface area contributed by atoms with Gasteiger partial charge in [0, 0.05) is 37.1 Å². The first-order valence-electron chi connectivity index (χ1n) is 14.8. The summed E-state index contributed by atoms with van der Waals surface area (Å²) in [5.74, 6) is -1.82. The molecule has 0 aromatic heterocycles. The fourth-order valence-electron chi connectivity index (χ4n) is 5.91. The van der Waals surface area contributed by atoms with Crippen molar-refractivity contribution in [1.82, 2.24) is 15.9 Å². The molecule has 4 atom stereocenters. The molecule has 15 heteroatoms. The average molecular weight is 638 g/mol. The van der Waals surface area contributed by atoms with Gasteiger partial charge in [0.15, 0.2) is 12.5 Å².